The molecule has 0 unspecified atom stereocenters. The van der Waals surface area contributed by atoms with Gasteiger partial charge in [-0.15, -0.1) is 0 Å². The Labute approximate surface area is 162 Å². The lowest BCUT2D eigenvalue weighted by Gasteiger charge is -2.13. The van der Waals surface area contributed by atoms with Gasteiger partial charge < -0.3 is 14.2 Å². The van der Waals surface area contributed by atoms with Crippen LogP contribution in [0.15, 0.2) is 42.5 Å². The van der Waals surface area contributed by atoms with Crippen molar-refractivity contribution >= 4 is 23.4 Å². The van der Waals surface area contributed by atoms with Crippen molar-refractivity contribution in [1.29, 1.82) is 0 Å². The van der Waals surface area contributed by atoms with Crippen LogP contribution in [0.4, 0.5) is 0 Å². The number of hydrazine groups is 1. The van der Waals surface area contributed by atoms with E-state index >= 15 is 0 Å². The molecule has 2 aromatic rings. The van der Waals surface area contributed by atoms with Gasteiger partial charge in [-0.3, -0.25) is 20.4 Å². The van der Waals surface area contributed by atoms with E-state index in [1.54, 1.807) is 49.6 Å². The maximum absolute atomic E-state index is 12.3. The van der Waals surface area contributed by atoms with E-state index in [4.69, 9.17) is 25.8 Å². The molecule has 2 aromatic carbocycles. The van der Waals surface area contributed by atoms with Gasteiger partial charge in [-0.25, -0.2) is 0 Å². The molecule has 0 aliphatic rings. The molecule has 7 nitrogen and oxygen atoms in total. The summed E-state index contributed by atoms with van der Waals surface area (Å²) >= 11 is 5.88. The summed E-state index contributed by atoms with van der Waals surface area (Å²) in [6.07, 6.45) is 0. The van der Waals surface area contributed by atoms with Gasteiger partial charge in [-0.1, -0.05) is 23.7 Å². The molecule has 0 aromatic heterocycles. The number of aryl methyl sites for hydroxylation is 1. The second kappa shape index (κ2) is 10.4. The van der Waals surface area contributed by atoms with E-state index in [1.807, 2.05) is 6.92 Å². The van der Waals surface area contributed by atoms with Crippen LogP contribution in [0.1, 0.15) is 15.9 Å². The summed E-state index contributed by atoms with van der Waals surface area (Å²) < 4.78 is 15.8. The van der Waals surface area contributed by atoms with Gasteiger partial charge in [-0.2, -0.15) is 0 Å². The van der Waals surface area contributed by atoms with Crippen LogP contribution in [0.3, 0.4) is 0 Å². The highest BCUT2D eigenvalue weighted by Crippen LogP contribution is 2.21. The maximum atomic E-state index is 12.3. The van der Waals surface area contributed by atoms with Crippen molar-refractivity contribution in [3.8, 4) is 11.5 Å². The van der Waals surface area contributed by atoms with Crippen LogP contribution >= 0.6 is 11.6 Å². The van der Waals surface area contributed by atoms with E-state index in [1.165, 1.54) is 0 Å². The molecular weight excluding hydrogens is 372 g/mol. The first-order chi connectivity index (χ1) is 13.0. The lowest BCUT2D eigenvalue weighted by atomic mass is 10.2. The van der Waals surface area contributed by atoms with Gasteiger partial charge in [0.25, 0.3) is 11.8 Å². The van der Waals surface area contributed by atoms with Crippen LogP contribution in [0, 0.1) is 6.92 Å². The number of ether oxygens (including phenoxy) is 3. The minimum Gasteiger partial charge on any atom is -0.490 e. The number of hydrogen-bond acceptors (Lipinski definition) is 5. The molecular formula is C19H21ClN2O5. The Bertz CT molecular complexity index is 797. The lowest BCUT2D eigenvalue weighted by Crippen LogP contribution is -2.44. The fourth-order valence-corrected chi connectivity index (χ4v) is 2.39. The lowest BCUT2D eigenvalue weighted by molar-refractivity contribution is -0.123. The molecule has 2 amide bonds. The molecule has 144 valence electrons. The van der Waals surface area contributed by atoms with E-state index in [0.29, 0.717) is 35.3 Å². The number of carbonyl (C=O) groups excluding carboxylic acids is 2. The van der Waals surface area contributed by atoms with Gasteiger partial charge in [0, 0.05) is 12.1 Å². The number of hydrogen-bond donors (Lipinski definition) is 2. The molecule has 0 bridgehead atoms. The van der Waals surface area contributed by atoms with Gasteiger partial charge in [0.15, 0.2) is 6.61 Å². The molecule has 0 radical (unpaired) electrons. The van der Waals surface area contributed by atoms with Gasteiger partial charge in [-0.05, 0) is 42.8 Å². The highest BCUT2D eigenvalue weighted by atomic mass is 35.5. The maximum Gasteiger partial charge on any atom is 0.276 e. The van der Waals surface area contributed by atoms with Crippen LogP contribution in [-0.2, 0) is 9.53 Å². The smallest absolute Gasteiger partial charge is 0.276 e. The minimum atomic E-state index is -0.504. The number of amides is 2. The van der Waals surface area contributed by atoms with Crippen molar-refractivity contribution in [1.82, 2.24) is 10.9 Å². The van der Waals surface area contributed by atoms with Crippen molar-refractivity contribution in [2.45, 2.75) is 6.92 Å². The molecule has 0 spiro atoms. The third kappa shape index (κ3) is 6.47. The monoisotopic (exact) mass is 392 g/mol. The summed E-state index contributed by atoms with van der Waals surface area (Å²) in [4.78, 5) is 24.2. The third-order valence-corrected chi connectivity index (χ3v) is 3.72. The first-order valence-electron chi connectivity index (χ1n) is 8.20. The molecule has 0 atom stereocenters. The standard InChI is InChI=1S/C19H21ClN2O5/c1-13-11-14(20)7-8-16(13)27-12-18(23)21-22-19(24)15-5-3-4-6-17(15)26-10-9-25-2/h3-8,11H,9-10,12H2,1-2H3,(H,21,23)(H,22,24). The average molecular weight is 393 g/mol. The minimum absolute atomic E-state index is 0.255. The Balaban J connectivity index is 1.85. The third-order valence-electron chi connectivity index (χ3n) is 3.49. The van der Waals surface area contributed by atoms with Crippen molar-refractivity contribution in [3.63, 3.8) is 0 Å². The second-order valence-electron chi connectivity index (χ2n) is 5.54. The number of para-hydroxylation sites is 1. The largest absolute Gasteiger partial charge is 0.490 e. The van der Waals surface area contributed by atoms with Crippen molar-refractivity contribution in [2.24, 2.45) is 0 Å². The molecule has 2 N–H and O–H groups in total. The van der Waals surface area contributed by atoms with Crippen LogP contribution in [0.25, 0.3) is 0 Å². The summed E-state index contributed by atoms with van der Waals surface area (Å²) in [7, 11) is 1.56. The van der Waals surface area contributed by atoms with E-state index < -0.39 is 11.8 Å². The van der Waals surface area contributed by atoms with Crippen LogP contribution < -0.4 is 20.3 Å². The Morgan fingerprint density at radius 3 is 2.52 bits per heavy atom. The van der Waals surface area contributed by atoms with Gasteiger partial charge >= 0.3 is 0 Å². The molecule has 2 rings (SSSR count). The fraction of sp³-hybridized carbons (Fsp3) is 0.263. The van der Waals surface area contributed by atoms with Gasteiger partial charge in [0.05, 0.1) is 12.2 Å². The Morgan fingerprint density at radius 2 is 1.78 bits per heavy atom. The van der Waals surface area contributed by atoms with Crippen LogP contribution in [0.5, 0.6) is 11.5 Å². The zero-order valence-corrected chi connectivity index (χ0v) is 15.8. The first kappa shape index (κ1) is 20.5. The molecule has 0 aliphatic heterocycles. The Kier molecular flexibility index (Phi) is 7.91. The SMILES string of the molecule is COCCOc1ccccc1C(=O)NNC(=O)COc1ccc(Cl)cc1C. The summed E-state index contributed by atoms with van der Waals surface area (Å²) in [6, 6.07) is 11.8. The summed E-state index contributed by atoms with van der Waals surface area (Å²) in [6.45, 7) is 2.27. The number of methoxy groups -OCH3 is 1. The highest BCUT2D eigenvalue weighted by Gasteiger charge is 2.13. The van der Waals surface area contributed by atoms with Crippen molar-refractivity contribution in [2.75, 3.05) is 26.9 Å². The number of halogens is 1. The summed E-state index contributed by atoms with van der Waals surface area (Å²) in [5, 5.41) is 0.586. The zero-order valence-electron chi connectivity index (χ0n) is 15.1. The molecule has 0 saturated carbocycles. The predicted octanol–water partition coefficient (Wildman–Crippen LogP) is 2.51. The molecule has 0 heterocycles. The molecule has 0 saturated heterocycles. The number of benzene rings is 2. The van der Waals surface area contributed by atoms with Crippen molar-refractivity contribution < 1.29 is 23.8 Å². The molecule has 0 fully saturated rings. The quantitative estimate of drug-likeness (QED) is 0.532. The highest BCUT2D eigenvalue weighted by molar-refractivity contribution is 6.30. The van der Waals surface area contributed by atoms with Gasteiger partial charge in [0.2, 0.25) is 0 Å². The summed E-state index contributed by atoms with van der Waals surface area (Å²) in [5.41, 5.74) is 5.75. The number of nitrogens with one attached hydrogen (secondary N) is 2. The van der Waals surface area contributed by atoms with Crippen molar-refractivity contribution in [3.05, 3.63) is 58.6 Å². The van der Waals surface area contributed by atoms with E-state index in [0.717, 1.165) is 5.56 Å². The fourth-order valence-electron chi connectivity index (χ4n) is 2.16. The Hall–Kier alpha value is -2.77. The van der Waals surface area contributed by atoms with E-state index in [-0.39, 0.29) is 6.61 Å². The first-order valence-corrected chi connectivity index (χ1v) is 8.58. The molecule has 0 aliphatic carbocycles. The normalized spacial score (nSPS) is 10.2. The van der Waals surface area contributed by atoms with Gasteiger partial charge in [0.1, 0.15) is 18.1 Å². The zero-order chi connectivity index (χ0) is 19.6. The van der Waals surface area contributed by atoms with E-state index in [2.05, 4.69) is 10.9 Å². The molecule has 27 heavy (non-hydrogen) atoms. The predicted molar refractivity (Wildman–Crippen MR) is 101 cm³/mol. The summed E-state index contributed by atoms with van der Waals surface area (Å²) in [5.74, 6) is -0.0679. The average Bonchev–Trinajstić information content (AvgIpc) is 2.66. The topological polar surface area (TPSA) is 85.9 Å². The number of carbonyl (C=O) groups is 2. The van der Waals surface area contributed by atoms with Crippen LogP contribution in [0.2, 0.25) is 5.02 Å². The second-order valence-corrected chi connectivity index (χ2v) is 5.97. The Morgan fingerprint density at radius 1 is 1.00 bits per heavy atom. The van der Waals surface area contributed by atoms with E-state index in [9.17, 15) is 9.59 Å². The molecule has 8 heteroatoms. The van der Waals surface area contributed by atoms with Crippen LogP contribution in [-0.4, -0.2) is 38.7 Å². The number of rotatable bonds is 8.